The van der Waals surface area contributed by atoms with E-state index in [2.05, 4.69) is 21.3 Å². The van der Waals surface area contributed by atoms with Crippen molar-refractivity contribution in [3.8, 4) is 0 Å². The summed E-state index contributed by atoms with van der Waals surface area (Å²) >= 11 is 0. The number of aliphatic carboxylic acids is 1. The van der Waals surface area contributed by atoms with E-state index in [1.165, 1.54) is 6.08 Å². The van der Waals surface area contributed by atoms with E-state index in [9.17, 15) is 18.3 Å². The van der Waals surface area contributed by atoms with E-state index in [-0.39, 0.29) is 26.1 Å². The maximum absolute atomic E-state index is 12.5. The minimum absolute atomic E-state index is 0.0272. The lowest BCUT2D eigenvalue weighted by Crippen LogP contribution is -2.46. The molecule has 1 aliphatic heterocycles. The largest absolute Gasteiger partial charge is 0.481 e. The highest BCUT2D eigenvalue weighted by molar-refractivity contribution is 7.87. The van der Waals surface area contributed by atoms with Gasteiger partial charge in [-0.05, 0) is 23.4 Å². The topological polar surface area (TPSA) is 145 Å². The van der Waals surface area contributed by atoms with Gasteiger partial charge in [-0.15, -0.1) is 6.58 Å². The maximum Gasteiger partial charge on any atom is 0.317 e. The van der Waals surface area contributed by atoms with Crippen LogP contribution in [0.25, 0.3) is 10.4 Å². The number of benzene rings is 1. The third-order valence-corrected chi connectivity index (χ3v) is 6.07. The number of hydrogen-bond donors (Lipinski definition) is 2. The molecule has 0 radical (unpaired) electrons. The van der Waals surface area contributed by atoms with Gasteiger partial charge in [-0.3, -0.25) is 4.79 Å². The van der Waals surface area contributed by atoms with Crippen molar-refractivity contribution in [2.24, 2.45) is 11.0 Å². The quantitative estimate of drug-likeness (QED) is 0.188. The molecule has 2 N–H and O–H groups in total. The normalized spacial score (nSPS) is 22.5. The predicted octanol–water partition coefficient (Wildman–Crippen LogP) is 1.68. The van der Waals surface area contributed by atoms with Gasteiger partial charge < -0.3 is 9.84 Å². The summed E-state index contributed by atoms with van der Waals surface area (Å²) < 4.78 is 33.9. The molecule has 0 bridgehead atoms. The number of hydrogen-bond acceptors (Lipinski definition) is 5. The molecule has 28 heavy (non-hydrogen) atoms. The Morgan fingerprint density at radius 3 is 2.82 bits per heavy atom. The van der Waals surface area contributed by atoms with Crippen LogP contribution in [0, 0.1) is 5.92 Å². The van der Waals surface area contributed by atoms with Crippen molar-refractivity contribution >= 4 is 16.2 Å². The molecule has 2 unspecified atom stereocenters. The Bertz CT molecular complexity index is 837. The molecule has 2 atom stereocenters. The summed E-state index contributed by atoms with van der Waals surface area (Å²) in [6, 6.07) is 9.45. The number of nitrogens with zero attached hydrogens (tertiary/aromatic N) is 4. The Morgan fingerprint density at radius 2 is 2.21 bits per heavy atom. The van der Waals surface area contributed by atoms with E-state index >= 15 is 0 Å². The van der Waals surface area contributed by atoms with Crippen molar-refractivity contribution in [3.63, 3.8) is 0 Å². The number of carbonyl (C=O) groups is 1. The van der Waals surface area contributed by atoms with Crippen molar-refractivity contribution in [2.75, 3.05) is 26.2 Å². The second-order valence-electron chi connectivity index (χ2n) is 6.37. The Hall–Kier alpha value is -2.43. The van der Waals surface area contributed by atoms with Crippen molar-refractivity contribution in [2.45, 2.75) is 18.6 Å². The molecular formula is C17H23N5O5S. The lowest BCUT2D eigenvalue weighted by atomic mass is 9.85. The summed E-state index contributed by atoms with van der Waals surface area (Å²) in [5, 5.41) is 13.0. The third-order valence-electron chi connectivity index (χ3n) is 4.54. The standard InChI is InChI=1S/C17H23N5O5S/c1-2-6-15-11-22(13-17(15,16(23)24)20-21-18)28(25,26)19-9-10-27-12-14-7-4-3-5-8-14/h2-5,7-8,15,19H,1,6,9-13H2,(H,23,24). The molecule has 0 aromatic heterocycles. The van der Waals surface area contributed by atoms with Crippen molar-refractivity contribution in [1.82, 2.24) is 9.03 Å². The maximum atomic E-state index is 12.5. The van der Waals surface area contributed by atoms with Crippen molar-refractivity contribution < 1.29 is 23.1 Å². The molecule has 152 valence electrons. The number of carboxylic acids is 1. The molecule has 1 heterocycles. The van der Waals surface area contributed by atoms with Crippen molar-refractivity contribution in [1.29, 1.82) is 0 Å². The van der Waals surface area contributed by atoms with Crippen LogP contribution in [-0.2, 0) is 26.3 Å². The summed E-state index contributed by atoms with van der Waals surface area (Å²) in [5.74, 6) is -2.06. The predicted molar refractivity (Wildman–Crippen MR) is 102 cm³/mol. The zero-order valence-corrected chi connectivity index (χ0v) is 16.1. The molecule has 1 aromatic rings. The van der Waals surface area contributed by atoms with Gasteiger partial charge in [0.25, 0.3) is 10.2 Å². The summed E-state index contributed by atoms with van der Waals surface area (Å²) in [4.78, 5) is 14.4. The summed E-state index contributed by atoms with van der Waals surface area (Å²) in [6.45, 7) is 3.57. The number of nitrogens with one attached hydrogen (secondary N) is 1. The molecule has 1 aliphatic rings. The summed E-state index contributed by atoms with van der Waals surface area (Å²) in [7, 11) is -3.96. The minimum Gasteiger partial charge on any atom is -0.481 e. The van der Waals surface area contributed by atoms with Crippen LogP contribution in [0.1, 0.15) is 12.0 Å². The van der Waals surface area contributed by atoms with E-state index in [1.807, 2.05) is 30.3 Å². The molecule has 0 spiro atoms. The van der Waals surface area contributed by atoms with Crippen LogP contribution in [0.2, 0.25) is 0 Å². The Kier molecular flexibility index (Phi) is 7.55. The van der Waals surface area contributed by atoms with Gasteiger partial charge in [-0.25, -0.2) is 0 Å². The average molecular weight is 409 g/mol. The van der Waals surface area contributed by atoms with Gasteiger partial charge in [0, 0.05) is 24.5 Å². The van der Waals surface area contributed by atoms with Crippen LogP contribution in [0.3, 0.4) is 0 Å². The van der Waals surface area contributed by atoms with Crippen LogP contribution in [0.15, 0.2) is 48.1 Å². The number of ether oxygens (including phenoxy) is 1. The lowest BCUT2D eigenvalue weighted by Gasteiger charge is -2.23. The van der Waals surface area contributed by atoms with Gasteiger partial charge >= 0.3 is 5.97 Å². The van der Waals surface area contributed by atoms with Gasteiger partial charge in [0.2, 0.25) is 0 Å². The van der Waals surface area contributed by atoms with E-state index in [4.69, 9.17) is 10.3 Å². The van der Waals surface area contributed by atoms with Gasteiger partial charge in [0.05, 0.1) is 13.2 Å². The molecule has 1 aromatic carbocycles. The summed E-state index contributed by atoms with van der Waals surface area (Å²) in [5.41, 5.74) is 7.89. The van der Waals surface area contributed by atoms with E-state index in [0.29, 0.717) is 6.61 Å². The summed E-state index contributed by atoms with van der Waals surface area (Å²) in [6.07, 6.45) is 1.69. The van der Waals surface area contributed by atoms with E-state index in [1.54, 1.807) is 0 Å². The molecule has 0 amide bonds. The molecule has 1 fully saturated rings. The first-order valence-electron chi connectivity index (χ1n) is 8.62. The molecule has 1 saturated heterocycles. The first-order valence-corrected chi connectivity index (χ1v) is 10.1. The van der Waals surface area contributed by atoms with Gasteiger partial charge in [-0.2, -0.15) is 17.4 Å². The fourth-order valence-corrected chi connectivity index (χ4v) is 4.36. The van der Waals surface area contributed by atoms with Crippen LogP contribution in [0.5, 0.6) is 0 Å². The van der Waals surface area contributed by atoms with Crippen molar-refractivity contribution in [3.05, 3.63) is 59.0 Å². The smallest absolute Gasteiger partial charge is 0.317 e. The van der Waals surface area contributed by atoms with Gasteiger partial charge in [-0.1, -0.05) is 41.5 Å². The molecule has 10 nitrogen and oxygen atoms in total. The molecule has 0 saturated carbocycles. The van der Waals surface area contributed by atoms with E-state index < -0.39 is 34.2 Å². The second kappa shape index (κ2) is 9.67. The van der Waals surface area contributed by atoms with Crippen LogP contribution in [-0.4, -0.2) is 55.6 Å². The van der Waals surface area contributed by atoms with Crippen LogP contribution in [0.4, 0.5) is 0 Å². The first-order chi connectivity index (χ1) is 13.4. The minimum atomic E-state index is -3.96. The number of allylic oxidation sites excluding steroid dienone is 1. The number of azide groups is 1. The molecular weight excluding hydrogens is 386 g/mol. The van der Waals surface area contributed by atoms with Gasteiger partial charge in [0.1, 0.15) is 0 Å². The number of carboxylic acid groups (broad SMARTS) is 1. The van der Waals surface area contributed by atoms with Gasteiger partial charge in [0.15, 0.2) is 5.54 Å². The second-order valence-corrected chi connectivity index (χ2v) is 8.13. The Morgan fingerprint density at radius 1 is 1.50 bits per heavy atom. The Balaban J connectivity index is 1.96. The highest BCUT2D eigenvalue weighted by Crippen LogP contribution is 2.36. The Labute approximate surface area is 163 Å². The first kappa shape index (κ1) is 21.9. The molecule has 2 rings (SSSR count). The third kappa shape index (κ3) is 5.09. The molecule has 0 aliphatic carbocycles. The average Bonchev–Trinajstić information content (AvgIpc) is 3.04. The zero-order valence-electron chi connectivity index (χ0n) is 15.3. The zero-order chi connectivity index (χ0) is 20.6. The highest BCUT2D eigenvalue weighted by atomic mass is 32.2. The number of rotatable bonds is 11. The monoisotopic (exact) mass is 409 g/mol. The fourth-order valence-electron chi connectivity index (χ4n) is 3.09. The van der Waals surface area contributed by atoms with E-state index in [0.717, 1.165) is 9.87 Å². The SMILES string of the molecule is C=CCC1CN(S(=O)(=O)NCCOCc2ccccc2)CC1(N=[N+]=[N-])C(=O)O. The van der Waals surface area contributed by atoms with Crippen LogP contribution < -0.4 is 4.72 Å². The fraction of sp³-hybridized carbons (Fsp3) is 0.471. The lowest BCUT2D eigenvalue weighted by molar-refractivity contribution is -0.144. The molecule has 11 heteroatoms. The van der Waals surface area contributed by atoms with Crippen LogP contribution >= 0.6 is 0 Å². The highest BCUT2D eigenvalue weighted by Gasteiger charge is 2.54.